The van der Waals surface area contributed by atoms with E-state index in [-0.39, 0.29) is 23.0 Å². The zero-order valence-electron chi connectivity index (χ0n) is 25.9. The predicted octanol–water partition coefficient (Wildman–Crippen LogP) is 5.98. The van der Waals surface area contributed by atoms with Crippen LogP contribution in [0.1, 0.15) is 36.6 Å². The molecule has 0 radical (unpaired) electrons. The number of nitrogens with zero attached hydrogens (tertiary/aromatic N) is 3. The van der Waals surface area contributed by atoms with Gasteiger partial charge in [0.25, 0.3) is 11.5 Å². The van der Waals surface area contributed by atoms with E-state index >= 15 is 0 Å². The molecule has 0 spiro atoms. The number of aromatic nitrogens is 2. The average Bonchev–Trinajstić information content (AvgIpc) is 3.58. The van der Waals surface area contributed by atoms with Crippen LogP contribution in [0, 0.1) is 0 Å². The maximum Gasteiger partial charge on any atom is 0.271 e. The van der Waals surface area contributed by atoms with Gasteiger partial charge in [0.2, 0.25) is 0 Å². The molecule has 1 amide bonds. The zero-order chi connectivity index (χ0) is 32.5. The lowest BCUT2D eigenvalue weighted by molar-refractivity contribution is -0.113. The van der Waals surface area contributed by atoms with Gasteiger partial charge < -0.3 is 19.7 Å². The summed E-state index contributed by atoms with van der Waals surface area (Å²) in [5.74, 6) is -0.117. The van der Waals surface area contributed by atoms with E-state index in [2.05, 4.69) is 40.3 Å². The van der Waals surface area contributed by atoms with Gasteiger partial charge in [-0.15, -0.1) is 0 Å². The first-order chi connectivity index (χ1) is 22.9. The van der Waals surface area contributed by atoms with Crippen molar-refractivity contribution in [1.82, 2.24) is 9.13 Å². The minimum Gasteiger partial charge on any atom is -0.504 e. The second-order valence-corrected chi connectivity index (χ2v) is 12.3. The largest absolute Gasteiger partial charge is 0.504 e. The number of hydrogen-bond acceptors (Lipinski definition) is 6. The van der Waals surface area contributed by atoms with Crippen molar-refractivity contribution in [2.75, 3.05) is 11.9 Å². The monoisotopic (exact) mass is 640 g/mol. The zero-order valence-corrected chi connectivity index (χ0v) is 26.7. The number of phenols is 1. The van der Waals surface area contributed by atoms with E-state index in [0.29, 0.717) is 45.0 Å². The van der Waals surface area contributed by atoms with Crippen LogP contribution < -0.4 is 24.9 Å². The first kappa shape index (κ1) is 30.0. The molecule has 0 saturated heterocycles. The van der Waals surface area contributed by atoms with Crippen LogP contribution in [-0.2, 0) is 11.3 Å². The summed E-state index contributed by atoms with van der Waals surface area (Å²) in [7, 11) is 0. The molecule has 8 nitrogen and oxygen atoms in total. The summed E-state index contributed by atoms with van der Waals surface area (Å²) in [6.45, 7) is 4.65. The number of hydrogen-bond donors (Lipinski definition) is 2. The number of phenolic OH excluding ortho intramolecular Hbond substituents is 1. The van der Waals surface area contributed by atoms with Gasteiger partial charge in [0, 0.05) is 34.9 Å². The van der Waals surface area contributed by atoms with E-state index in [4.69, 9.17) is 9.73 Å². The highest BCUT2D eigenvalue weighted by atomic mass is 32.1. The lowest BCUT2D eigenvalue weighted by atomic mass is 9.94. The highest BCUT2D eigenvalue weighted by Gasteiger charge is 2.33. The average molecular weight is 641 g/mol. The molecule has 9 heteroatoms. The third kappa shape index (κ3) is 5.77. The Morgan fingerprint density at radius 2 is 1.72 bits per heavy atom. The van der Waals surface area contributed by atoms with Crippen molar-refractivity contribution in [3.05, 3.63) is 157 Å². The number of aromatic hydroxyl groups is 1. The van der Waals surface area contributed by atoms with Crippen LogP contribution in [0.15, 0.2) is 130 Å². The number of para-hydroxylation sites is 2. The van der Waals surface area contributed by atoms with E-state index < -0.39 is 6.04 Å². The van der Waals surface area contributed by atoms with Crippen LogP contribution in [0.4, 0.5) is 5.69 Å². The number of carbonyl (C=O) groups is 1. The summed E-state index contributed by atoms with van der Waals surface area (Å²) in [4.78, 5) is 33.6. The van der Waals surface area contributed by atoms with Gasteiger partial charge in [0.1, 0.15) is 0 Å². The third-order valence-corrected chi connectivity index (χ3v) is 9.18. The molecule has 47 heavy (non-hydrogen) atoms. The number of allylic oxidation sites excluding steroid dienone is 1. The smallest absolute Gasteiger partial charge is 0.271 e. The molecule has 1 aliphatic heterocycles. The molecule has 0 aliphatic carbocycles. The van der Waals surface area contributed by atoms with Crippen molar-refractivity contribution < 1.29 is 14.6 Å². The lowest BCUT2D eigenvalue weighted by Crippen LogP contribution is -2.40. The minimum absolute atomic E-state index is 0.0223. The number of carbonyl (C=O) groups excluding carboxylic acids is 1. The Hall–Kier alpha value is -5.67. The Balaban J connectivity index is 1.38. The molecule has 1 atom stereocenters. The second kappa shape index (κ2) is 12.6. The van der Waals surface area contributed by atoms with Crippen molar-refractivity contribution in [3.63, 3.8) is 0 Å². The molecule has 1 aliphatic rings. The Morgan fingerprint density at radius 1 is 1.00 bits per heavy atom. The fourth-order valence-electron chi connectivity index (χ4n) is 6.06. The number of anilines is 1. The van der Waals surface area contributed by atoms with Crippen LogP contribution in [0.25, 0.3) is 17.0 Å². The van der Waals surface area contributed by atoms with Crippen LogP contribution in [0.5, 0.6) is 11.5 Å². The van der Waals surface area contributed by atoms with Crippen LogP contribution in [0.2, 0.25) is 0 Å². The van der Waals surface area contributed by atoms with Crippen molar-refractivity contribution in [2.24, 2.45) is 4.99 Å². The quantitative estimate of drug-likeness (QED) is 0.214. The van der Waals surface area contributed by atoms with Crippen molar-refractivity contribution in [3.8, 4) is 11.5 Å². The van der Waals surface area contributed by atoms with Crippen LogP contribution in [0.3, 0.4) is 0 Å². The first-order valence-electron chi connectivity index (χ1n) is 15.4. The first-order valence-corrected chi connectivity index (χ1v) is 16.2. The molecule has 6 aromatic rings. The maximum absolute atomic E-state index is 14.4. The van der Waals surface area contributed by atoms with E-state index in [9.17, 15) is 14.7 Å². The fourth-order valence-corrected chi connectivity index (χ4v) is 7.10. The topological polar surface area (TPSA) is 97.9 Å². The normalized spacial score (nSPS) is 14.6. The second-order valence-electron chi connectivity index (χ2n) is 11.3. The number of thiazole rings is 1. The Kier molecular flexibility index (Phi) is 8.05. The van der Waals surface area contributed by atoms with Gasteiger partial charge in [-0.1, -0.05) is 84.1 Å². The summed E-state index contributed by atoms with van der Waals surface area (Å²) >= 11 is 1.29. The summed E-state index contributed by atoms with van der Waals surface area (Å²) < 4.78 is 9.96. The van der Waals surface area contributed by atoms with Crippen LogP contribution in [-0.4, -0.2) is 26.8 Å². The summed E-state index contributed by atoms with van der Waals surface area (Å²) in [6.07, 6.45) is 3.99. The van der Waals surface area contributed by atoms with Crippen LogP contribution >= 0.6 is 11.3 Å². The minimum atomic E-state index is -0.809. The Morgan fingerprint density at radius 3 is 2.49 bits per heavy atom. The molecule has 4 aromatic carbocycles. The van der Waals surface area contributed by atoms with E-state index in [0.717, 1.165) is 16.5 Å². The van der Waals surface area contributed by atoms with E-state index in [1.807, 2.05) is 61.5 Å². The molecular formula is C38H32N4O4S. The summed E-state index contributed by atoms with van der Waals surface area (Å²) in [5, 5.41) is 14.5. The number of amides is 1. The number of nitrogens with one attached hydrogen (secondary N) is 1. The van der Waals surface area contributed by atoms with Gasteiger partial charge in [-0.25, -0.2) is 4.99 Å². The molecular weight excluding hydrogens is 609 g/mol. The molecule has 0 fully saturated rings. The molecule has 7 rings (SSSR count). The fraction of sp³-hybridized carbons (Fsp3) is 0.132. The molecule has 2 N–H and O–H groups in total. The summed E-state index contributed by atoms with van der Waals surface area (Å²) in [6, 6.07) is 31.7. The van der Waals surface area contributed by atoms with Gasteiger partial charge in [0.05, 0.1) is 28.5 Å². The predicted molar refractivity (Wildman–Crippen MR) is 186 cm³/mol. The standard InChI is InChI=1S/C38H32N4O4S/c1-3-46-32-20-26(18-19-31(32)43)35-34(36(44)40-28-14-8-5-9-15-28)24(2)39-38-42(35)37(45)33(47-38)21-27-23-41(22-25-12-6-4-7-13-25)30-17-11-10-16-29(27)30/h4-21,23,35,43H,3,22H2,1-2H3,(H,40,44)/b33-21-/t35-/m1/s1. The van der Waals surface area contributed by atoms with E-state index in [1.54, 1.807) is 35.8 Å². The van der Waals surface area contributed by atoms with Gasteiger partial charge in [0.15, 0.2) is 16.3 Å². The SMILES string of the molecule is CCOc1cc([C@@H]2C(C(=O)Nc3ccccc3)=C(C)N=c3s/c(=C\c4cn(Cc5ccccc5)c5ccccc45)c(=O)n32)ccc1O. The number of rotatable bonds is 8. The maximum atomic E-state index is 14.4. The molecule has 0 unspecified atom stereocenters. The van der Waals surface area contributed by atoms with Crippen molar-refractivity contribution in [1.29, 1.82) is 0 Å². The molecule has 3 heterocycles. The van der Waals surface area contributed by atoms with Gasteiger partial charge in [-0.05, 0) is 61.4 Å². The Labute approximate surface area is 274 Å². The molecule has 0 bridgehead atoms. The van der Waals surface area contributed by atoms with Crippen molar-refractivity contribution in [2.45, 2.75) is 26.4 Å². The van der Waals surface area contributed by atoms with Gasteiger partial charge in [-0.3, -0.25) is 14.2 Å². The highest BCUT2D eigenvalue weighted by Crippen LogP contribution is 2.36. The molecule has 0 saturated carbocycles. The summed E-state index contributed by atoms with van der Waals surface area (Å²) in [5.41, 5.74) is 4.98. The number of benzene rings is 4. The third-order valence-electron chi connectivity index (χ3n) is 8.20. The number of ether oxygens (including phenoxy) is 1. The van der Waals surface area contributed by atoms with E-state index in [1.165, 1.54) is 23.0 Å². The van der Waals surface area contributed by atoms with Crippen molar-refractivity contribution >= 4 is 39.9 Å². The number of fused-ring (bicyclic) bond motifs is 2. The van der Waals surface area contributed by atoms with Gasteiger partial charge in [-0.2, -0.15) is 0 Å². The lowest BCUT2D eigenvalue weighted by Gasteiger charge is -2.26. The van der Waals surface area contributed by atoms with Gasteiger partial charge >= 0.3 is 0 Å². The molecule has 234 valence electrons. The Bertz CT molecular complexity index is 2340. The molecule has 2 aromatic heterocycles. The highest BCUT2D eigenvalue weighted by molar-refractivity contribution is 7.07.